The van der Waals surface area contributed by atoms with Crippen molar-refractivity contribution in [2.45, 2.75) is 12.7 Å². The third kappa shape index (κ3) is 4.05. The second kappa shape index (κ2) is 5.95. The number of hydrazine groups is 1. The average Bonchev–Trinajstić information content (AvgIpc) is 3.05. The highest BCUT2D eigenvalue weighted by atomic mass is 32.1. The van der Waals surface area contributed by atoms with Gasteiger partial charge in [-0.25, -0.2) is 0 Å². The molecule has 0 aliphatic heterocycles. The smallest absolute Gasteiger partial charge is 0.271 e. The lowest BCUT2D eigenvalue weighted by Crippen LogP contribution is -2.43. The molecule has 2 aromatic rings. The van der Waals surface area contributed by atoms with Gasteiger partial charge in [0.2, 0.25) is 0 Å². The zero-order valence-corrected chi connectivity index (χ0v) is 11.2. The second-order valence-electron chi connectivity index (χ2n) is 3.88. The molecule has 21 heavy (non-hydrogen) atoms. The summed E-state index contributed by atoms with van der Waals surface area (Å²) in [6.07, 6.45) is -3.53. The van der Waals surface area contributed by atoms with Crippen molar-refractivity contribution in [3.05, 3.63) is 40.3 Å². The van der Waals surface area contributed by atoms with Gasteiger partial charge in [-0.15, -0.1) is 11.3 Å². The van der Waals surface area contributed by atoms with Crippen LogP contribution in [-0.2, 0) is 17.5 Å². The molecule has 0 unspecified atom stereocenters. The van der Waals surface area contributed by atoms with Gasteiger partial charge in [0, 0.05) is 6.20 Å². The molecule has 6 nitrogen and oxygen atoms in total. The quantitative estimate of drug-likeness (QED) is 0.841. The number of carbonyl (C=O) groups is 2. The number of amides is 2. The van der Waals surface area contributed by atoms with Crippen molar-refractivity contribution in [3.63, 3.8) is 0 Å². The van der Waals surface area contributed by atoms with Crippen molar-refractivity contribution in [2.24, 2.45) is 0 Å². The maximum absolute atomic E-state index is 12.3. The van der Waals surface area contributed by atoms with Crippen LogP contribution in [-0.4, -0.2) is 21.6 Å². The van der Waals surface area contributed by atoms with E-state index in [2.05, 4.69) is 16.0 Å². The Morgan fingerprint density at radius 1 is 1.29 bits per heavy atom. The average molecular weight is 318 g/mol. The Balaban J connectivity index is 1.85. The van der Waals surface area contributed by atoms with Gasteiger partial charge in [0.05, 0.1) is 4.88 Å². The van der Waals surface area contributed by atoms with Crippen molar-refractivity contribution >= 4 is 23.2 Å². The number of halogens is 3. The van der Waals surface area contributed by atoms with Gasteiger partial charge in [-0.1, -0.05) is 6.07 Å². The number of rotatable bonds is 3. The number of carbonyl (C=O) groups excluding carboxylic acids is 2. The third-order valence-corrected chi connectivity index (χ3v) is 3.17. The highest BCUT2D eigenvalue weighted by molar-refractivity contribution is 7.12. The number of aromatic nitrogens is 2. The van der Waals surface area contributed by atoms with Crippen LogP contribution < -0.4 is 10.9 Å². The highest BCUT2D eigenvalue weighted by Crippen LogP contribution is 2.27. The molecule has 2 amide bonds. The van der Waals surface area contributed by atoms with Crippen LogP contribution >= 0.6 is 11.3 Å². The second-order valence-corrected chi connectivity index (χ2v) is 4.82. The predicted octanol–water partition coefficient (Wildman–Crippen LogP) is 1.42. The van der Waals surface area contributed by atoms with Gasteiger partial charge < -0.3 is 0 Å². The number of nitrogens with one attached hydrogen (secondary N) is 2. The standard InChI is InChI=1S/C11H9F3N4O2S/c12-11(13,14)8-3-4-18(17-8)6-9(19)15-16-10(20)7-2-1-5-21-7/h1-5H,6H2,(H,15,19)(H,16,20). The molecule has 0 bridgehead atoms. The molecule has 10 heteroatoms. The highest BCUT2D eigenvalue weighted by Gasteiger charge is 2.33. The van der Waals surface area contributed by atoms with Crippen LogP contribution in [0.5, 0.6) is 0 Å². The van der Waals surface area contributed by atoms with Gasteiger partial charge in [0.15, 0.2) is 5.69 Å². The minimum Gasteiger partial charge on any atom is -0.271 e. The predicted molar refractivity (Wildman–Crippen MR) is 67.2 cm³/mol. The van der Waals surface area contributed by atoms with Crippen molar-refractivity contribution in [1.29, 1.82) is 0 Å². The monoisotopic (exact) mass is 318 g/mol. The number of nitrogens with zero attached hydrogens (tertiary/aromatic N) is 2. The normalized spacial score (nSPS) is 11.2. The lowest BCUT2D eigenvalue weighted by atomic mass is 10.4. The molecule has 0 saturated heterocycles. The molecule has 0 aromatic carbocycles. The Hall–Kier alpha value is -2.36. The Labute approximate surface area is 120 Å². The summed E-state index contributed by atoms with van der Waals surface area (Å²) in [7, 11) is 0. The molecule has 0 aliphatic carbocycles. The van der Waals surface area contributed by atoms with E-state index < -0.39 is 30.2 Å². The molecule has 0 aliphatic rings. The first-order valence-electron chi connectivity index (χ1n) is 5.59. The molecule has 2 N–H and O–H groups in total. The molecule has 0 spiro atoms. The summed E-state index contributed by atoms with van der Waals surface area (Å²) in [6, 6.07) is 4.00. The third-order valence-electron chi connectivity index (χ3n) is 2.30. The van der Waals surface area contributed by atoms with Crippen LogP contribution in [0.2, 0.25) is 0 Å². The van der Waals surface area contributed by atoms with E-state index in [9.17, 15) is 22.8 Å². The first-order chi connectivity index (χ1) is 9.86. The fourth-order valence-electron chi connectivity index (χ4n) is 1.38. The Kier molecular flexibility index (Phi) is 4.26. The number of thiophene rings is 1. The fraction of sp³-hybridized carbons (Fsp3) is 0.182. The summed E-state index contributed by atoms with van der Waals surface area (Å²) in [4.78, 5) is 23.4. The van der Waals surface area contributed by atoms with E-state index in [1.165, 1.54) is 11.3 Å². The van der Waals surface area contributed by atoms with E-state index in [0.717, 1.165) is 16.9 Å². The summed E-state index contributed by atoms with van der Waals surface area (Å²) in [5.41, 5.74) is 3.16. The van der Waals surface area contributed by atoms with E-state index >= 15 is 0 Å². The Morgan fingerprint density at radius 3 is 2.62 bits per heavy atom. The molecule has 112 valence electrons. The van der Waals surface area contributed by atoms with Crippen molar-refractivity contribution in [1.82, 2.24) is 20.6 Å². The number of hydrogen-bond donors (Lipinski definition) is 2. The van der Waals surface area contributed by atoms with E-state index in [-0.39, 0.29) is 0 Å². The Morgan fingerprint density at radius 2 is 2.05 bits per heavy atom. The lowest BCUT2D eigenvalue weighted by molar-refractivity contribution is -0.141. The van der Waals surface area contributed by atoms with Crippen molar-refractivity contribution in [2.75, 3.05) is 0 Å². The summed E-state index contributed by atoms with van der Waals surface area (Å²) in [5.74, 6) is -1.20. The molecule has 0 saturated carbocycles. The van der Waals surface area contributed by atoms with E-state index in [1.807, 2.05) is 0 Å². The molecule has 0 radical (unpaired) electrons. The topological polar surface area (TPSA) is 76.0 Å². The lowest BCUT2D eigenvalue weighted by Gasteiger charge is -2.06. The first kappa shape index (κ1) is 15.0. The summed E-state index contributed by atoms with van der Waals surface area (Å²) in [6.45, 7) is -0.444. The SMILES string of the molecule is O=C(Cn1ccc(C(F)(F)F)n1)NNC(=O)c1cccs1. The van der Waals surface area contributed by atoms with Crippen LogP contribution in [0.1, 0.15) is 15.4 Å². The van der Waals surface area contributed by atoms with Crippen LogP contribution in [0, 0.1) is 0 Å². The maximum Gasteiger partial charge on any atom is 0.435 e. The summed E-state index contributed by atoms with van der Waals surface area (Å²) < 4.78 is 37.8. The molecule has 2 aromatic heterocycles. The van der Waals surface area contributed by atoms with Gasteiger partial charge >= 0.3 is 6.18 Å². The number of hydrogen-bond acceptors (Lipinski definition) is 4. The van der Waals surface area contributed by atoms with E-state index in [1.54, 1.807) is 17.5 Å². The zero-order valence-electron chi connectivity index (χ0n) is 10.3. The van der Waals surface area contributed by atoms with Crippen LogP contribution in [0.3, 0.4) is 0 Å². The number of alkyl halides is 3. The van der Waals surface area contributed by atoms with Crippen LogP contribution in [0.15, 0.2) is 29.8 Å². The van der Waals surface area contributed by atoms with Crippen molar-refractivity contribution < 1.29 is 22.8 Å². The van der Waals surface area contributed by atoms with E-state index in [4.69, 9.17) is 0 Å². The molecule has 0 fully saturated rings. The largest absolute Gasteiger partial charge is 0.435 e. The van der Waals surface area contributed by atoms with Gasteiger partial charge in [0.25, 0.3) is 11.8 Å². The fourth-order valence-corrected chi connectivity index (χ4v) is 2.00. The van der Waals surface area contributed by atoms with Gasteiger partial charge in [-0.2, -0.15) is 18.3 Å². The molecule has 2 rings (SSSR count). The van der Waals surface area contributed by atoms with Crippen LogP contribution in [0.25, 0.3) is 0 Å². The minimum atomic E-state index is -4.56. The summed E-state index contributed by atoms with van der Waals surface area (Å²) >= 11 is 1.19. The maximum atomic E-state index is 12.3. The molecule has 0 atom stereocenters. The molecule has 2 heterocycles. The molecular formula is C11H9F3N4O2S. The summed E-state index contributed by atoms with van der Waals surface area (Å²) in [5, 5.41) is 4.91. The minimum absolute atomic E-state index is 0.397. The molecular weight excluding hydrogens is 309 g/mol. The van der Waals surface area contributed by atoms with Crippen molar-refractivity contribution in [3.8, 4) is 0 Å². The van der Waals surface area contributed by atoms with Crippen LogP contribution in [0.4, 0.5) is 13.2 Å². The van der Waals surface area contributed by atoms with Gasteiger partial charge in [0.1, 0.15) is 6.54 Å². The zero-order chi connectivity index (χ0) is 15.5. The van der Waals surface area contributed by atoms with Gasteiger partial charge in [-0.05, 0) is 17.5 Å². The van der Waals surface area contributed by atoms with E-state index in [0.29, 0.717) is 4.88 Å². The van der Waals surface area contributed by atoms with Gasteiger partial charge in [-0.3, -0.25) is 25.1 Å². The first-order valence-corrected chi connectivity index (χ1v) is 6.47. The Bertz CT molecular complexity index is 636.